The average Bonchev–Trinajstić information content (AvgIpc) is 2.69. The molecular formula is C21H29N4O3S+. The Morgan fingerprint density at radius 3 is 2.45 bits per heavy atom. The van der Waals surface area contributed by atoms with Gasteiger partial charge in [-0.15, -0.1) is 0 Å². The van der Waals surface area contributed by atoms with Crippen molar-refractivity contribution in [2.75, 3.05) is 36.4 Å². The van der Waals surface area contributed by atoms with E-state index in [0.717, 1.165) is 26.2 Å². The van der Waals surface area contributed by atoms with E-state index in [1.54, 1.807) is 12.1 Å². The van der Waals surface area contributed by atoms with E-state index in [9.17, 15) is 13.2 Å². The second-order valence-electron chi connectivity index (χ2n) is 7.65. The number of nitrogens with two attached hydrogens (primary N) is 1. The summed E-state index contributed by atoms with van der Waals surface area (Å²) in [5, 5.41) is 7.98. The molecule has 29 heavy (non-hydrogen) atoms. The maximum absolute atomic E-state index is 12.7. The molecule has 7 nitrogen and oxygen atoms in total. The van der Waals surface area contributed by atoms with Gasteiger partial charge < -0.3 is 15.1 Å². The fourth-order valence-electron chi connectivity index (χ4n) is 3.73. The highest BCUT2D eigenvalue weighted by Crippen LogP contribution is 2.22. The minimum Gasteiger partial charge on any atom is -0.360 e. The first-order valence-corrected chi connectivity index (χ1v) is 11.3. The van der Waals surface area contributed by atoms with Crippen molar-refractivity contribution < 1.29 is 18.1 Å². The third kappa shape index (κ3) is 4.95. The summed E-state index contributed by atoms with van der Waals surface area (Å²) in [6.45, 7) is 9.67. The number of aryl methyl sites for hydroxylation is 1. The van der Waals surface area contributed by atoms with Crippen molar-refractivity contribution in [2.45, 2.75) is 31.7 Å². The molecule has 1 atom stereocenters. The van der Waals surface area contributed by atoms with Crippen molar-refractivity contribution in [1.82, 2.24) is 0 Å². The van der Waals surface area contributed by atoms with Crippen LogP contribution in [-0.4, -0.2) is 46.5 Å². The van der Waals surface area contributed by atoms with Crippen LogP contribution in [0.4, 0.5) is 11.4 Å². The largest absolute Gasteiger partial charge is 0.360 e. The number of benzene rings is 2. The Morgan fingerprint density at radius 2 is 1.79 bits per heavy atom. The zero-order valence-corrected chi connectivity index (χ0v) is 17.9. The standard InChI is InChI=1S/C21H28N4O3S/c1-15-6-4-9-20(16(15)2)25-12-10-24(11-13-25)17(3)21(26)23-18-7-5-8-19(14-18)29(22,27)28/h4-9,14,17H,10-13H2,1-3H3,(H,23,26)(H2,22,27,28)/p+1/t17-/m0/s1. The van der Waals surface area contributed by atoms with Crippen molar-refractivity contribution in [3.8, 4) is 0 Å². The van der Waals surface area contributed by atoms with Gasteiger partial charge in [0.05, 0.1) is 31.1 Å². The first-order valence-electron chi connectivity index (χ1n) is 9.76. The highest BCUT2D eigenvalue weighted by molar-refractivity contribution is 7.89. The van der Waals surface area contributed by atoms with E-state index in [1.807, 2.05) is 6.92 Å². The number of carbonyl (C=O) groups is 1. The summed E-state index contributed by atoms with van der Waals surface area (Å²) >= 11 is 0. The third-order valence-corrected chi connectivity index (χ3v) is 6.67. The molecule has 0 aromatic heterocycles. The molecule has 1 aliphatic heterocycles. The van der Waals surface area contributed by atoms with E-state index in [-0.39, 0.29) is 16.8 Å². The summed E-state index contributed by atoms with van der Waals surface area (Å²) in [6, 6.07) is 12.1. The molecular weight excluding hydrogens is 388 g/mol. The van der Waals surface area contributed by atoms with Gasteiger partial charge in [-0.3, -0.25) is 4.79 Å². The van der Waals surface area contributed by atoms with Crippen LogP contribution in [0.5, 0.6) is 0 Å². The van der Waals surface area contributed by atoms with Crippen LogP contribution >= 0.6 is 0 Å². The zero-order chi connectivity index (χ0) is 21.2. The maximum Gasteiger partial charge on any atom is 0.282 e. The lowest BCUT2D eigenvalue weighted by molar-refractivity contribution is -0.914. The molecule has 1 aliphatic rings. The Morgan fingerprint density at radius 1 is 1.14 bits per heavy atom. The van der Waals surface area contributed by atoms with Crippen molar-refractivity contribution in [3.63, 3.8) is 0 Å². The van der Waals surface area contributed by atoms with Gasteiger partial charge in [0.1, 0.15) is 0 Å². The lowest BCUT2D eigenvalue weighted by atomic mass is 10.1. The molecule has 0 unspecified atom stereocenters. The van der Waals surface area contributed by atoms with E-state index in [1.165, 1.54) is 33.8 Å². The van der Waals surface area contributed by atoms with Gasteiger partial charge in [0.15, 0.2) is 6.04 Å². The molecule has 1 amide bonds. The second kappa shape index (κ2) is 8.52. The number of hydrogen-bond acceptors (Lipinski definition) is 4. The lowest BCUT2D eigenvalue weighted by Gasteiger charge is -2.36. The van der Waals surface area contributed by atoms with Gasteiger partial charge in [-0.25, -0.2) is 13.6 Å². The highest BCUT2D eigenvalue weighted by atomic mass is 32.2. The number of hydrogen-bond donors (Lipinski definition) is 3. The number of primary sulfonamides is 1. The van der Waals surface area contributed by atoms with Crippen LogP contribution in [0.15, 0.2) is 47.4 Å². The monoisotopic (exact) mass is 417 g/mol. The number of quaternary nitrogens is 1. The summed E-state index contributed by atoms with van der Waals surface area (Å²) in [7, 11) is -3.80. The first-order chi connectivity index (χ1) is 13.7. The van der Waals surface area contributed by atoms with E-state index in [4.69, 9.17) is 5.14 Å². The Hall–Kier alpha value is -2.42. The van der Waals surface area contributed by atoms with E-state index < -0.39 is 10.0 Å². The Bertz CT molecular complexity index is 999. The number of nitrogens with zero attached hydrogens (tertiary/aromatic N) is 1. The number of carbonyl (C=O) groups excluding carboxylic acids is 1. The normalized spacial score (nSPS) is 16.5. The van der Waals surface area contributed by atoms with Crippen LogP contribution in [-0.2, 0) is 14.8 Å². The molecule has 3 rings (SSSR count). The summed E-state index contributed by atoms with van der Waals surface area (Å²) in [6.07, 6.45) is 0. The van der Waals surface area contributed by atoms with Gasteiger partial charge in [0.25, 0.3) is 5.91 Å². The molecule has 0 saturated carbocycles. The number of rotatable bonds is 5. The van der Waals surface area contributed by atoms with Crippen LogP contribution in [0.25, 0.3) is 0 Å². The molecule has 2 aromatic carbocycles. The van der Waals surface area contributed by atoms with Gasteiger partial charge >= 0.3 is 0 Å². The summed E-state index contributed by atoms with van der Waals surface area (Å²) in [4.78, 5) is 16.3. The summed E-state index contributed by atoms with van der Waals surface area (Å²) < 4.78 is 23.0. The SMILES string of the molecule is Cc1cccc(N2CC[NH+]([C@@H](C)C(=O)Nc3cccc(S(N)(=O)=O)c3)CC2)c1C. The highest BCUT2D eigenvalue weighted by Gasteiger charge is 2.29. The molecule has 1 fully saturated rings. The van der Waals surface area contributed by atoms with Crippen molar-refractivity contribution in [1.29, 1.82) is 0 Å². The maximum atomic E-state index is 12.7. The van der Waals surface area contributed by atoms with Gasteiger partial charge in [-0.1, -0.05) is 18.2 Å². The Balaban J connectivity index is 1.61. The molecule has 1 heterocycles. The minimum atomic E-state index is -3.80. The second-order valence-corrected chi connectivity index (χ2v) is 9.21. The number of piperazine rings is 1. The summed E-state index contributed by atoms with van der Waals surface area (Å²) in [5.74, 6) is -0.133. The predicted molar refractivity (Wildman–Crippen MR) is 115 cm³/mol. The quantitative estimate of drug-likeness (QED) is 0.667. The topological polar surface area (TPSA) is 96.9 Å². The Labute approximate surface area is 172 Å². The van der Waals surface area contributed by atoms with Crippen molar-refractivity contribution in [2.24, 2.45) is 5.14 Å². The zero-order valence-electron chi connectivity index (χ0n) is 17.1. The molecule has 4 N–H and O–H groups in total. The lowest BCUT2D eigenvalue weighted by Crippen LogP contribution is -3.19. The Kier molecular flexibility index (Phi) is 6.26. The van der Waals surface area contributed by atoms with Crippen LogP contribution in [0.3, 0.4) is 0 Å². The third-order valence-electron chi connectivity index (χ3n) is 5.76. The average molecular weight is 418 g/mol. The van der Waals surface area contributed by atoms with Gasteiger partial charge in [0, 0.05) is 11.4 Å². The molecule has 156 valence electrons. The molecule has 2 aromatic rings. The summed E-state index contributed by atoms with van der Waals surface area (Å²) in [5.41, 5.74) is 4.28. The van der Waals surface area contributed by atoms with E-state index in [0.29, 0.717) is 5.69 Å². The number of sulfonamides is 1. The number of amides is 1. The van der Waals surface area contributed by atoms with Crippen molar-refractivity contribution in [3.05, 3.63) is 53.6 Å². The number of nitrogens with one attached hydrogen (secondary N) is 2. The minimum absolute atomic E-state index is 0.0163. The molecule has 0 spiro atoms. The smallest absolute Gasteiger partial charge is 0.282 e. The van der Waals surface area contributed by atoms with E-state index >= 15 is 0 Å². The fraction of sp³-hybridized carbons (Fsp3) is 0.381. The van der Waals surface area contributed by atoms with Gasteiger partial charge in [0.2, 0.25) is 10.0 Å². The molecule has 0 radical (unpaired) electrons. The molecule has 1 saturated heterocycles. The van der Waals surface area contributed by atoms with Crippen molar-refractivity contribution >= 4 is 27.3 Å². The molecule has 8 heteroatoms. The molecule has 0 aliphatic carbocycles. The van der Waals surface area contributed by atoms with Gasteiger partial charge in [-0.2, -0.15) is 0 Å². The van der Waals surface area contributed by atoms with Gasteiger partial charge in [-0.05, 0) is 56.2 Å². The number of anilines is 2. The van der Waals surface area contributed by atoms with Crippen LogP contribution < -0.4 is 20.3 Å². The van der Waals surface area contributed by atoms with Crippen LogP contribution in [0.2, 0.25) is 0 Å². The molecule has 0 bridgehead atoms. The van der Waals surface area contributed by atoms with Crippen LogP contribution in [0, 0.1) is 13.8 Å². The first kappa shape index (κ1) is 21.3. The van der Waals surface area contributed by atoms with Crippen LogP contribution in [0.1, 0.15) is 18.1 Å². The van der Waals surface area contributed by atoms with E-state index in [2.05, 4.69) is 42.3 Å². The predicted octanol–water partition coefficient (Wildman–Crippen LogP) is 0.683. The fourth-order valence-corrected chi connectivity index (χ4v) is 4.29.